The molecule has 2 amide bonds. The molecular formula is C14H26N4O3S. The van der Waals surface area contributed by atoms with Gasteiger partial charge < -0.3 is 26.4 Å². The monoisotopic (exact) mass is 330 g/mol. The van der Waals surface area contributed by atoms with E-state index in [1.165, 1.54) is 6.92 Å². The summed E-state index contributed by atoms with van der Waals surface area (Å²) in [6, 6.07) is -1.43. The normalized spacial score (nSPS) is 24.3. The molecule has 1 spiro atoms. The molecule has 0 aromatic heterocycles. The third-order valence-corrected chi connectivity index (χ3v) is 5.84. The zero-order valence-corrected chi connectivity index (χ0v) is 14.2. The first-order valence-corrected chi connectivity index (χ1v) is 8.61. The van der Waals surface area contributed by atoms with Gasteiger partial charge in [0.15, 0.2) is 0 Å². The van der Waals surface area contributed by atoms with Crippen molar-refractivity contribution in [1.29, 1.82) is 0 Å². The van der Waals surface area contributed by atoms with Gasteiger partial charge in [0.1, 0.15) is 10.9 Å². The van der Waals surface area contributed by atoms with Crippen molar-refractivity contribution in [3.63, 3.8) is 0 Å². The number of carbonyl (C=O) groups excluding carboxylic acids is 2. The second-order valence-electron chi connectivity index (χ2n) is 6.52. The molecule has 5 N–H and O–H groups in total. The Bertz CT molecular complexity index is 451. The highest BCUT2D eigenvalue weighted by Gasteiger charge is 2.55. The highest BCUT2D eigenvalue weighted by atomic mass is 32.2. The van der Waals surface area contributed by atoms with E-state index in [2.05, 4.69) is 0 Å². The average molecular weight is 330 g/mol. The molecule has 22 heavy (non-hydrogen) atoms. The largest absolute Gasteiger partial charge is 0.391 e. The Morgan fingerprint density at radius 3 is 2.23 bits per heavy atom. The van der Waals surface area contributed by atoms with Gasteiger partial charge in [0, 0.05) is 12.3 Å². The first kappa shape index (κ1) is 17.5. The number of thioether (sulfide) groups is 1. The summed E-state index contributed by atoms with van der Waals surface area (Å²) < 4.78 is 0. The standard InChI is InChI=1S/C14H26N4O3S/c1-8(2)10(15)13(21)18-4-5-22-14(18)6-17(7-14)12(20)11(16)9(3)19/h8-11,19H,4-7,15-16H2,1-3H3/t9-,10+,11+/m1/s1. The number of hydrogen-bond donors (Lipinski definition) is 3. The zero-order chi connectivity index (χ0) is 16.7. The quantitative estimate of drug-likeness (QED) is 0.596. The molecule has 7 nitrogen and oxygen atoms in total. The van der Waals surface area contributed by atoms with Crippen molar-refractivity contribution in [3.05, 3.63) is 0 Å². The van der Waals surface area contributed by atoms with Gasteiger partial charge in [0.25, 0.3) is 0 Å². The molecule has 2 heterocycles. The minimum Gasteiger partial charge on any atom is -0.391 e. The Morgan fingerprint density at radius 1 is 1.14 bits per heavy atom. The van der Waals surface area contributed by atoms with Crippen LogP contribution in [0.1, 0.15) is 20.8 Å². The predicted octanol–water partition coefficient (Wildman–Crippen LogP) is -1.21. The number of likely N-dealkylation sites (tertiary alicyclic amines) is 1. The Labute approximate surface area is 135 Å². The molecule has 0 aliphatic carbocycles. The number of hydrogen-bond acceptors (Lipinski definition) is 6. The second-order valence-corrected chi connectivity index (χ2v) is 7.97. The van der Waals surface area contributed by atoms with Crippen LogP contribution in [0.5, 0.6) is 0 Å². The van der Waals surface area contributed by atoms with Crippen LogP contribution < -0.4 is 11.5 Å². The lowest BCUT2D eigenvalue weighted by Gasteiger charge is -2.52. The van der Waals surface area contributed by atoms with E-state index < -0.39 is 18.2 Å². The number of carbonyl (C=O) groups is 2. The van der Waals surface area contributed by atoms with Gasteiger partial charge in [-0.05, 0) is 12.8 Å². The molecule has 0 radical (unpaired) electrons. The summed E-state index contributed by atoms with van der Waals surface area (Å²) in [5.41, 5.74) is 11.7. The lowest BCUT2D eigenvalue weighted by Crippen LogP contribution is -2.71. The topological polar surface area (TPSA) is 113 Å². The van der Waals surface area contributed by atoms with Gasteiger partial charge >= 0.3 is 0 Å². The molecule has 2 aliphatic heterocycles. The maximum atomic E-state index is 12.5. The fraction of sp³-hybridized carbons (Fsp3) is 0.857. The van der Waals surface area contributed by atoms with Crippen molar-refractivity contribution in [2.45, 2.75) is 43.8 Å². The van der Waals surface area contributed by atoms with Crippen molar-refractivity contribution in [2.75, 3.05) is 25.4 Å². The van der Waals surface area contributed by atoms with Crippen LogP contribution in [0.3, 0.4) is 0 Å². The summed E-state index contributed by atoms with van der Waals surface area (Å²) in [5, 5.41) is 9.43. The van der Waals surface area contributed by atoms with Crippen molar-refractivity contribution < 1.29 is 14.7 Å². The van der Waals surface area contributed by atoms with Gasteiger partial charge in [-0.25, -0.2) is 0 Å². The van der Waals surface area contributed by atoms with Gasteiger partial charge in [-0.3, -0.25) is 9.59 Å². The third-order valence-electron chi connectivity index (χ3n) is 4.44. The molecule has 126 valence electrons. The molecule has 3 atom stereocenters. The maximum absolute atomic E-state index is 12.5. The van der Waals surface area contributed by atoms with E-state index in [4.69, 9.17) is 11.5 Å². The molecule has 8 heteroatoms. The predicted molar refractivity (Wildman–Crippen MR) is 86.0 cm³/mol. The SMILES string of the molecule is CC(C)[C@H](N)C(=O)N1CCSC12CN(C(=O)[C@@H](N)[C@@H](C)O)C2. The molecular weight excluding hydrogens is 304 g/mol. The van der Waals surface area contributed by atoms with E-state index in [1.807, 2.05) is 18.7 Å². The summed E-state index contributed by atoms with van der Waals surface area (Å²) in [4.78, 5) is 27.7. The number of aliphatic hydroxyl groups excluding tert-OH is 1. The minimum absolute atomic E-state index is 0.0491. The number of nitrogens with two attached hydrogens (primary N) is 2. The number of nitrogens with zero attached hydrogens (tertiary/aromatic N) is 2. The first-order chi connectivity index (χ1) is 10.2. The maximum Gasteiger partial charge on any atom is 0.242 e. The summed E-state index contributed by atoms with van der Waals surface area (Å²) in [6.07, 6.45) is -0.882. The average Bonchev–Trinajstić information content (AvgIpc) is 2.86. The fourth-order valence-corrected chi connectivity index (χ4v) is 4.26. The second kappa shape index (κ2) is 6.35. The molecule has 0 bridgehead atoms. The van der Waals surface area contributed by atoms with Crippen LogP contribution in [0.25, 0.3) is 0 Å². The van der Waals surface area contributed by atoms with Gasteiger partial charge in [0.2, 0.25) is 11.8 Å². The summed E-state index contributed by atoms with van der Waals surface area (Å²) >= 11 is 1.69. The summed E-state index contributed by atoms with van der Waals surface area (Å²) in [6.45, 7) is 6.92. The molecule has 0 aromatic rings. The molecule has 2 rings (SSSR count). The molecule has 2 aliphatic rings. The highest BCUT2D eigenvalue weighted by Crippen LogP contribution is 2.43. The molecule has 2 saturated heterocycles. The number of rotatable bonds is 4. The number of amides is 2. The lowest BCUT2D eigenvalue weighted by atomic mass is 9.99. The zero-order valence-electron chi connectivity index (χ0n) is 13.4. The van der Waals surface area contributed by atoms with Crippen molar-refractivity contribution in [1.82, 2.24) is 9.80 Å². The van der Waals surface area contributed by atoms with Crippen molar-refractivity contribution in [3.8, 4) is 0 Å². The van der Waals surface area contributed by atoms with Gasteiger partial charge in [-0.1, -0.05) is 13.8 Å². The summed E-state index contributed by atoms with van der Waals surface area (Å²) in [5.74, 6) is 0.610. The smallest absolute Gasteiger partial charge is 0.242 e. The Kier molecular flexibility index (Phi) is 5.06. The Hall–Kier alpha value is -0.830. The number of aliphatic hydroxyl groups is 1. The van der Waals surface area contributed by atoms with E-state index >= 15 is 0 Å². The van der Waals surface area contributed by atoms with Crippen LogP contribution in [-0.4, -0.2) is 75.2 Å². The van der Waals surface area contributed by atoms with E-state index in [-0.39, 0.29) is 22.6 Å². The Morgan fingerprint density at radius 2 is 1.73 bits per heavy atom. The van der Waals surface area contributed by atoms with Crippen LogP contribution in [0.2, 0.25) is 0 Å². The third kappa shape index (κ3) is 2.97. The summed E-state index contributed by atoms with van der Waals surface area (Å²) in [7, 11) is 0. The van der Waals surface area contributed by atoms with E-state index in [9.17, 15) is 14.7 Å². The fourth-order valence-electron chi connectivity index (χ4n) is 2.77. The van der Waals surface area contributed by atoms with E-state index in [1.54, 1.807) is 16.7 Å². The van der Waals surface area contributed by atoms with E-state index in [0.29, 0.717) is 19.6 Å². The Balaban J connectivity index is 2.01. The molecule has 2 fully saturated rings. The van der Waals surface area contributed by atoms with E-state index in [0.717, 1.165) is 5.75 Å². The lowest BCUT2D eigenvalue weighted by molar-refractivity contribution is -0.151. The van der Waals surface area contributed by atoms with Crippen LogP contribution >= 0.6 is 11.8 Å². The van der Waals surface area contributed by atoms with Crippen molar-refractivity contribution >= 4 is 23.6 Å². The van der Waals surface area contributed by atoms with Gasteiger partial charge in [-0.15, -0.1) is 11.8 Å². The van der Waals surface area contributed by atoms with Gasteiger partial charge in [0.05, 0.1) is 25.2 Å². The van der Waals surface area contributed by atoms with Crippen LogP contribution in [-0.2, 0) is 9.59 Å². The van der Waals surface area contributed by atoms with Crippen LogP contribution in [0, 0.1) is 5.92 Å². The molecule has 0 unspecified atom stereocenters. The highest BCUT2D eigenvalue weighted by molar-refractivity contribution is 8.01. The first-order valence-electron chi connectivity index (χ1n) is 7.63. The van der Waals surface area contributed by atoms with Gasteiger partial charge in [-0.2, -0.15) is 0 Å². The molecule has 0 aromatic carbocycles. The van der Waals surface area contributed by atoms with Crippen LogP contribution in [0.4, 0.5) is 0 Å². The van der Waals surface area contributed by atoms with Crippen LogP contribution in [0.15, 0.2) is 0 Å². The van der Waals surface area contributed by atoms with Crippen molar-refractivity contribution in [2.24, 2.45) is 17.4 Å². The minimum atomic E-state index is -0.911. The molecule has 0 saturated carbocycles.